The summed E-state index contributed by atoms with van der Waals surface area (Å²) in [4.78, 5) is 6.48. The minimum absolute atomic E-state index is 0.123. The van der Waals surface area contributed by atoms with Crippen LogP contribution in [0, 0.1) is 0 Å². The zero-order valence-electron chi connectivity index (χ0n) is 13.5. The highest BCUT2D eigenvalue weighted by molar-refractivity contribution is 5.43. The van der Waals surface area contributed by atoms with E-state index in [1.807, 2.05) is 0 Å². The summed E-state index contributed by atoms with van der Waals surface area (Å²) < 4.78 is 40.6. The van der Waals surface area contributed by atoms with Crippen molar-refractivity contribution in [3.05, 3.63) is 48.2 Å². The molecule has 3 rings (SSSR count). The average Bonchev–Trinajstić information content (AvgIpc) is 2.57. The van der Waals surface area contributed by atoms with Crippen LogP contribution >= 0.6 is 0 Å². The van der Waals surface area contributed by atoms with E-state index in [1.54, 1.807) is 24.3 Å². The van der Waals surface area contributed by atoms with Crippen LogP contribution in [0.15, 0.2) is 42.6 Å². The van der Waals surface area contributed by atoms with E-state index in [0.717, 1.165) is 43.6 Å². The number of alkyl halides is 3. The van der Waals surface area contributed by atoms with Crippen molar-refractivity contribution >= 4 is 5.82 Å². The summed E-state index contributed by atoms with van der Waals surface area (Å²) in [5.74, 6) is 0.717. The Morgan fingerprint density at radius 2 is 1.88 bits per heavy atom. The maximum absolute atomic E-state index is 12.2. The molecule has 1 aromatic heterocycles. The van der Waals surface area contributed by atoms with Crippen LogP contribution in [0.4, 0.5) is 19.0 Å². The van der Waals surface area contributed by atoms with Crippen LogP contribution in [0.1, 0.15) is 24.8 Å². The molecule has 1 aliphatic heterocycles. The zero-order valence-corrected chi connectivity index (χ0v) is 13.5. The number of aromatic hydroxyl groups is 1. The Labute approximate surface area is 143 Å². The SMILES string of the molecule is Oc1ccc(N2CCCCC2Cc2ccc(OC(F)(F)F)cc2)nc1. The molecule has 1 saturated heterocycles. The van der Waals surface area contributed by atoms with Crippen molar-refractivity contribution in [3.8, 4) is 11.5 Å². The number of pyridine rings is 1. The van der Waals surface area contributed by atoms with Gasteiger partial charge < -0.3 is 14.7 Å². The van der Waals surface area contributed by atoms with Gasteiger partial charge in [0.05, 0.1) is 6.20 Å². The standard InChI is InChI=1S/C18H19F3N2O2/c19-18(20,21)25-16-7-4-13(5-8-16)11-14-3-1-2-10-23(14)17-9-6-15(24)12-22-17/h4-9,12,14,24H,1-3,10-11H2. The van der Waals surface area contributed by atoms with E-state index in [1.165, 1.54) is 18.3 Å². The summed E-state index contributed by atoms with van der Waals surface area (Å²) in [6.07, 6.45) is 0.626. The minimum atomic E-state index is -4.67. The van der Waals surface area contributed by atoms with Gasteiger partial charge in [0.15, 0.2) is 0 Å². The fraction of sp³-hybridized carbons (Fsp3) is 0.389. The molecule has 2 heterocycles. The lowest BCUT2D eigenvalue weighted by atomic mass is 9.95. The van der Waals surface area contributed by atoms with Crippen molar-refractivity contribution in [1.29, 1.82) is 0 Å². The number of aromatic nitrogens is 1. The molecule has 1 unspecified atom stereocenters. The number of hydrogen-bond acceptors (Lipinski definition) is 4. The van der Waals surface area contributed by atoms with Crippen LogP contribution in [0.25, 0.3) is 0 Å². The van der Waals surface area contributed by atoms with E-state index in [4.69, 9.17) is 0 Å². The fourth-order valence-corrected chi connectivity index (χ4v) is 3.16. The van der Waals surface area contributed by atoms with Crippen LogP contribution in [0.3, 0.4) is 0 Å². The topological polar surface area (TPSA) is 45.6 Å². The number of piperidine rings is 1. The Morgan fingerprint density at radius 1 is 1.12 bits per heavy atom. The molecule has 4 nitrogen and oxygen atoms in total. The summed E-state index contributed by atoms with van der Waals surface area (Å²) in [6, 6.07) is 9.63. The number of benzene rings is 1. The number of ether oxygens (including phenoxy) is 1. The molecule has 7 heteroatoms. The maximum Gasteiger partial charge on any atom is 0.573 e. The fourth-order valence-electron chi connectivity index (χ4n) is 3.16. The molecule has 1 atom stereocenters. The highest BCUT2D eigenvalue weighted by atomic mass is 19.4. The molecule has 1 fully saturated rings. The molecule has 0 spiro atoms. The average molecular weight is 352 g/mol. The van der Waals surface area contributed by atoms with E-state index in [9.17, 15) is 18.3 Å². The molecule has 0 bridgehead atoms. The Kier molecular flexibility index (Phi) is 5.01. The molecule has 0 radical (unpaired) electrons. The quantitative estimate of drug-likeness (QED) is 0.892. The highest BCUT2D eigenvalue weighted by Crippen LogP contribution is 2.28. The van der Waals surface area contributed by atoms with Crippen LogP contribution in [0.2, 0.25) is 0 Å². The molecular weight excluding hydrogens is 333 g/mol. The molecular formula is C18H19F3N2O2. The van der Waals surface area contributed by atoms with Gasteiger partial charge in [-0.15, -0.1) is 13.2 Å². The van der Waals surface area contributed by atoms with E-state index >= 15 is 0 Å². The van der Waals surface area contributed by atoms with E-state index in [-0.39, 0.29) is 17.5 Å². The second kappa shape index (κ2) is 7.21. The molecule has 1 aliphatic rings. The zero-order chi connectivity index (χ0) is 17.9. The second-order valence-electron chi connectivity index (χ2n) is 6.11. The summed E-state index contributed by atoms with van der Waals surface area (Å²) in [5.41, 5.74) is 0.949. The summed E-state index contributed by atoms with van der Waals surface area (Å²) in [7, 11) is 0. The summed E-state index contributed by atoms with van der Waals surface area (Å²) >= 11 is 0. The van der Waals surface area contributed by atoms with Gasteiger partial charge in [-0.1, -0.05) is 12.1 Å². The van der Waals surface area contributed by atoms with E-state index < -0.39 is 6.36 Å². The Morgan fingerprint density at radius 3 is 2.52 bits per heavy atom. The number of hydrogen-bond donors (Lipinski definition) is 1. The molecule has 0 aliphatic carbocycles. The van der Waals surface area contributed by atoms with Crippen LogP contribution in [-0.2, 0) is 6.42 Å². The monoisotopic (exact) mass is 352 g/mol. The minimum Gasteiger partial charge on any atom is -0.506 e. The van der Waals surface area contributed by atoms with Gasteiger partial charge in [-0.2, -0.15) is 0 Å². The van der Waals surface area contributed by atoms with Crippen molar-refractivity contribution in [2.75, 3.05) is 11.4 Å². The lowest BCUT2D eigenvalue weighted by molar-refractivity contribution is -0.274. The van der Waals surface area contributed by atoms with Crippen molar-refractivity contribution in [3.63, 3.8) is 0 Å². The first-order valence-electron chi connectivity index (χ1n) is 8.17. The molecule has 134 valence electrons. The second-order valence-corrected chi connectivity index (χ2v) is 6.11. The van der Waals surface area contributed by atoms with Crippen molar-refractivity contribution in [1.82, 2.24) is 4.98 Å². The molecule has 0 amide bonds. The van der Waals surface area contributed by atoms with Gasteiger partial charge in [0.25, 0.3) is 0 Å². The predicted octanol–water partition coefficient (Wildman–Crippen LogP) is 4.29. The number of nitrogens with zero attached hydrogens (tertiary/aromatic N) is 2. The number of rotatable bonds is 4. The largest absolute Gasteiger partial charge is 0.573 e. The third-order valence-electron chi connectivity index (χ3n) is 4.28. The Hall–Kier alpha value is -2.44. The summed E-state index contributed by atoms with van der Waals surface area (Å²) in [5, 5.41) is 9.39. The van der Waals surface area contributed by atoms with Crippen molar-refractivity contribution in [2.24, 2.45) is 0 Å². The normalized spacial score (nSPS) is 18.2. The van der Waals surface area contributed by atoms with Crippen molar-refractivity contribution in [2.45, 2.75) is 38.1 Å². The van der Waals surface area contributed by atoms with Gasteiger partial charge in [-0.25, -0.2) is 4.98 Å². The van der Waals surface area contributed by atoms with Crippen LogP contribution in [-0.4, -0.2) is 29.0 Å². The number of anilines is 1. The Balaban J connectivity index is 1.70. The van der Waals surface area contributed by atoms with Gasteiger partial charge >= 0.3 is 6.36 Å². The van der Waals surface area contributed by atoms with Crippen molar-refractivity contribution < 1.29 is 23.0 Å². The van der Waals surface area contributed by atoms with Gasteiger partial charge in [-0.05, 0) is 55.5 Å². The van der Waals surface area contributed by atoms with Gasteiger partial charge in [-0.3, -0.25) is 0 Å². The van der Waals surface area contributed by atoms with Gasteiger partial charge in [0, 0.05) is 12.6 Å². The first-order valence-corrected chi connectivity index (χ1v) is 8.17. The summed E-state index contributed by atoms with van der Waals surface area (Å²) in [6.45, 7) is 0.873. The van der Waals surface area contributed by atoms with Crippen LogP contribution in [0.5, 0.6) is 11.5 Å². The molecule has 1 aromatic carbocycles. The third-order valence-corrected chi connectivity index (χ3v) is 4.28. The molecule has 0 saturated carbocycles. The smallest absolute Gasteiger partial charge is 0.506 e. The van der Waals surface area contributed by atoms with E-state index in [2.05, 4.69) is 14.6 Å². The van der Waals surface area contributed by atoms with Gasteiger partial charge in [0.1, 0.15) is 17.3 Å². The first kappa shape index (κ1) is 17.4. The lowest BCUT2D eigenvalue weighted by Gasteiger charge is -2.37. The Bertz CT molecular complexity index is 687. The highest BCUT2D eigenvalue weighted by Gasteiger charge is 2.31. The van der Waals surface area contributed by atoms with Crippen LogP contribution < -0.4 is 9.64 Å². The third kappa shape index (κ3) is 4.78. The molecule has 1 N–H and O–H groups in total. The first-order chi connectivity index (χ1) is 11.9. The lowest BCUT2D eigenvalue weighted by Crippen LogP contribution is -2.41. The molecule has 25 heavy (non-hydrogen) atoms. The van der Waals surface area contributed by atoms with E-state index in [0.29, 0.717) is 0 Å². The maximum atomic E-state index is 12.2. The number of halogens is 3. The molecule has 2 aromatic rings. The van der Waals surface area contributed by atoms with Gasteiger partial charge in [0.2, 0.25) is 0 Å². The predicted molar refractivity (Wildman–Crippen MR) is 87.7 cm³/mol.